The molecule has 1 aromatic heterocycles. The second-order valence-corrected chi connectivity index (χ2v) is 7.86. The maximum atomic E-state index is 12.6. The summed E-state index contributed by atoms with van der Waals surface area (Å²) in [7, 11) is -3.46. The van der Waals surface area contributed by atoms with Crippen LogP contribution < -0.4 is 5.32 Å². The fraction of sp³-hybridized carbons (Fsp3) is 0.615. The highest BCUT2D eigenvalue weighted by Crippen LogP contribution is 2.21. The van der Waals surface area contributed by atoms with Crippen molar-refractivity contribution in [2.75, 3.05) is 26.2 Å². The summed E-state index contributed by atoms with van der Waals surface area (Å²) in [6, 6.07) is 1.60. The van der Waals surface area contributed by atoms with E-state index in [9.17, 15) is 8.42 Å². The highest BCUT2D eigenvalue weighted by molar-refractivity contribution is 9.10. The molecule has 1 unspecified atom stereocenters. The van der Waals surface area contributed by atoms with Crippen molar-refractivity contribution in [3.63, 3.8) is 0 Å². The Morgan fingerprint density at radius 2 is 2.30 bits per heavy atom. The lowest BCUT2D eigenvalue weighted by atomic mass is 10.00. The molecule has 1 N–H and O–H groups in total. The second kappa shape index (κ2) is 6.98. The zero-order valence-electron chi connectivity index (χ0n) is 11.5. The van der Waals surface area contributed by atoms with Crippen LogP contribution in [-0.4, -0.2) is 43.9 Å². The number of nitrogens with one attached hydrogen (secondary N) is 1. The van der Waals surface area contributed by atoms with Gasteiger partial charge in [-0.1, -0.05) is 6.92 Å². The molecule has 0 bridgehead atoms. The fourth-order valence-electron chi connectivity index (χ4n) is 2.45. The Hall–Kier alpha value is -0.500. The van der Waals surface area contributed by atoms with Gasteiger partial charge in [0.05, 0.1) is 0 Å². The Kier molecular flexibility index (Phi) is 5.54. The molecule has 0 aromatic carbocycles. The van der Waals surface area contributed by atoms with Crippen LogP contribution >= 0.6 is 15.9 Å². The van der Waals surface area contributed by atoms with Crippen molar-refractivity contribution in [1.82, 2.24) is 14.6 Å². The smallest absolute Gasteiger partial charge is 0.244 e. The van der Waals surface area contributed by atoms with Gasteiger partial charge in [0.2, 0.25) is 10.0 Å². The topological polar surface area (TPSA) is 62.3 Å². The highest BCUT2D eigenvalue weighted by atomic mass is 79.9. The van der Waals surface area contributed by atoms with E-state index in [4.69, 9.17) is 0 Å². The lowest BCUT2D eigenvalue weighted by Gasteiger charge is -2.28. The third-order valence-corrected chi connectivity index (χ3v) is 5.87. The molecule has 2 heterocycles. The van der Waals surface area contributed by atoms with E-state index >= 15 is 0 Å². The molecule has 7 heteroatoms. The standard InChI is InChI=1S/C13H20BrN3O2S/c1-2-17(10-11-4-3-5-15-7-11)20(18,19)13-6-12(14)8-16-9-13/h6,8-9,11,15H,2-5,7,10H2,1H3. The monoisotopic (exact) mass is 361 g/mol. The van der Waals surface area contributed by atoms with Crippen molar-refractivity contribution in [3.05, 3.63) is 22.9 Å². The third-order valence-electron chi connectivity index (χ3n) is 3.53. The molecule has 1 aromatic rings. The SMILES string of the molecule is CCN(CC1CCCNC1)S(=O)(=O)c1cncc(Br)c1. The molecule has 1 aliphatic heterocycles. The first-order valence-corrected chi connectivity index (χ1v) is 9.08. The van der Waals surface area contributed by atoms with Crippen LogP contribution in [0.25, 0.3) is 0 Å². The van der Waals surface area contributed by atoms with E-state index in [-0.39, 0.29) is 4.90 Å². The van der Waals surface area contributed by atoms with E-state index in [0.717, 1.165) is 25.9 Å². The second-order valence-electron chi connectivity index (χ2n) is 5.01. The maximum absolute atomic E-state index is 12.6. The zero-order valence-corrected chi connectivity index (χ0v) is 14.0. The van der Waals surface area contributed by atoms with Gasteiger partial charge in [-0.2, -0.15) is 4.31 Å². The van der Waals surface area contributed by atoms with Gasteiger partial charge in [0, 0.05) is 30.0 Å². The van der Waals surface area contributed by atoms with Crippen LogP contribution in [0, 0.1) is 5.92 Å². The lowest BCUT2D eigenvalue weighted by molar-refractivity contribution is 0.298. The Morgan fingerprint density at radius 3 is 2.90 bits per heavy atom. The van der Waals surface area contributed by atoms with Gasteiger partial charge < -0.3 is 5.32 Å². The molecule has 0 aliphatic carbocycles. The van der Waals surface area contributed by atoms with Gasteiger partial charge in [-0.25, -0.2) is 8.42 Å². The highest BCUT2D eigenvalue weighted by Gasteiger charge is 2.27. The average molecular weight is 362 g/mol. The number of piperidine rings is 1. The van der Waals surface area contributed by atoms with E-state index < -0.39 is 10.0 Å². The van der Waals surface area contributed by atoms with Crippen LogP contribution in [-0.2, 0) is 10.0 Å². The summed E-state index contributed by atoms with van der Waals surface area (Å²) in [5.41, 5.74) is 0. The van der Waals surface area contributed by atoms with Crippen molar-refractivity contribution in [2.24, 2.45) is 5.92 Å². The molecule has 0 spiro atoms. The quantitative estimate of drug-likeness (QED) is 0.869. The van der Waals surface area contributed by atoms with Crippen LogP contribution in [0.4, 0.5) is 0 Å². The summed E-state index contributed by atoms with van der Waals surface area (Å²) in [5, 5.41) is 3.32. The molecule has 1 fully saturated rings. The van der Waals surface area contributed by atoms with Gasteiger partial charge in [0.25, 0.3) is 0 Å². The number of pyridine rings is 1. The first-order chi connectivity index (χ1) is 9.54. The van der Waals surface area contributed by atoms with E-state index in [1.807, 2.05) is 6.92 Å². The molecule has 20 heavy (non-hydrogen) atoms. The minimum absolute atomic E-state index is 0.248. The van der Waals surface area contributed by atoms with Crippen molar-refractivity contribution in [3.8, 4) is 0 Å². The first kappa shape index (κ1) is 15.9. The molecule has 0 amide bonds. The summed E-state index contributed by atoms with van der Waals surface area (Å²) in [4.78, 5) is 4.20. The number of sulfonamides is 1. The molecular weight excluding hydrogens is 342 g/mol. The van der Waals surface area contributed by atoms with E-state index in [1.165, 1.54) is 6.20 Å². The predicted molar refractivity (Wildman–Crippen MR) is 82.0 cm³/mol. The summed E-state index contributed by atoms with van der Waals surface area (Å²) < 4.78 is 27.5. The van der Waals surface area contributed by atoms with E-state index in [2.05, 4.69) is 26.2 Å². The van der Waals surface area contributed by atoms with Gasteiger partial charge >= 0.3 is 0 Å². The molecule has 1 aliphatic rings. The number of hydrogen-bond donors (Lipinski definition) is 1. The van der Waals surface area contributed by atoms with Gasteiger partial charge in [-0.15, -0.1) is 0 Å². The van der Waals surface area contributed by atoms with Gasteiger partial charge in [-0.3, -0.25) is 4.98 Å². The molecule has 1 saturated heterocycles. The van der Waals surface area contributed by atoms with Gasteiger partial charge in [-0.05, 0) is 53.8 Å². The maximum Gasteiger partial charge on any atom is 0.244 e. The Bertz CT molecular complexity index is 544. The van der Waals surface area contributed by atoms with E-state index in [1.54, 1.807) is 16.6 Å². The van der Waals surface area contributed by atoms with E-state index in [0.29, 0.717) is 23.5 Å². The molecule has 2 rings (SSSR count). The molecule has 0 radical (unpaired) electrons. The van der Waals surface area contributed by atoms with Crippen molar-refractivity contribution < 1.29 is 8.42 Å². The Labute approximate surface area is 129 Å². The normalized spacial score (nSPS) is 20.2. The number of halogens is 1. The fourth-order valence-corrected chi connectivity index (χ4v) is 4.48. The minimum atomic E-state index is -3.46. The zero-order chi connectivity index (χ0) is 14.6. The summed E-state index contributed by atoms with van der Waals surface area (Å²) in [6.07, 6.45) is 5.18. The molecular formula is C13H20BrN3O2S. The molecule has 0 saturated carbocycles. The van der Waals surface area contributed by atoms with Gasteiger partial charge in [0.15, 0.2) is 0 Å². The average Bonchev–Trinajstić information content (AvgIpc) is 2.45. The van der Waals surface area contributed by atoms with Crippen molar-refractivity contribution in [2.45, 2.75) is 24.7 Å². The lowest BCUT2D eigenvalue weighted by Crippen LogP contribution is -2.41. The molecule has 112 valence electrons. The van der Waals surface area contributed by atoms with Crippen molar-refractivity contribution in [1.29, 1.82) is 0 Å². The van der Waals surface area contributed by atoms with Gasteiger partial charge in [0.1, 0.15) is 4.90 Å². The number of aromatic nitrogens is 1. The summed E-state index contributed by atoms with van der Waals surface area (Å²) >= 11 is 3.27. The number of hydrogen-bond acceptors (Lipinski definition) is 4. The van der Waals surface area contributed by atoms with Crippen LogP contribution in [0.15, 0.2) is 27.8 Å². The number of rotatable bonds is 5. The van der Waals surface area contributed by atoms with Crippen LogP contribution in [0.2, 0.25) is 0 Å². The number of nitrogens with zero attached hydrogens (tertiary/aromatic N) is 2. The predicted octanol–water partition coefficient (Wildman–Crippen LogP) is 1.85. The first-order valence-electron chi connectivity index (χ1n) is 6.85. The third kappa shape index (κ3) is 3.78. The Morgan fingerprint density at radius 1 is 1.50 bits per heavy atom. The minimum Gasteiger partial charge on any atom is -0.316 e. The largest absolute Gasteiger partial charge is 0.316 e. The van der Waals surface area contributed by atoms with Crippen LogP contribution in [0.1, 0.15) is 19.8 Å². The van der Waals surface area contributed by atoms with Crippen molar-refractivity contribution >= 4 is 26.0 Å². The van der Waals surface area contributed by atoms with Crippen LogP contribution in [0.3, 0.4) is 0 Å². The molecule has 1 atom stereocenters. The molecule has 5 nitrogen and oxygen atoms in total. The Balaban J connectivity index is 2.16. The summed E-state index contributed by atoms with van der Waals surface area (Å²) in [5.74, 6) is 0.388. The van der Waals surface area contributed by atoms with Crippen LogP contribution in [0.5, 0.6) is 0 Å². The summed E-state index contributed by atoms with van der Waals surface area (Å²) in [6.45, 7) is 4.84.